The Labute approximate surface area is 105 Å². The van der Waals surface area contributed by atoms with Gasteiger partial charge in [0.05, 0.1) is 5.69 Å². The van der Waals surface area contributed by atoms with E-state index < -0.39 is 11.6 Å². The fourth-order valence-electron chi connectivity index (χ4n) is 1.78. The summed E-state index contributed by atoms with van der Waals surface area (Å²) in [6.45, 7) is 3.92. The van der Waals surface area contributed by atoms with Gasteiger partial charge in [0.2, 0.25) is 0 Å². The second-order valence-corrected chi connectivity index (χ2v) is 4.40. The number of nitrogens with one attached hydrogen (secondary N) is 1. The van der Waals surface area contributed by atoms with E-state index in [4.69, 9.17) is 0 Å². The van der Waals surface area contributed by atoms with Crippen molar-refractivity contribution in [3.63, 3.8) is 0 Å². The second kappa shape index (κ2) is 5.17. The maximum atomic E-state index is 13.5. The average molecular weight is 247 g/mol. The molecule has 2 aromatic rings. The largest absolute Gasteiger partial charge is 0.376 e. The minimum atomic E-state index is -0.449. The lowest BCUT2D eigenvalue weighted by atomic mass is 10.1. The Morgan fingerprint density at radius 1 is 1.00 bits per heavy atom. The standard InChI is InChI=1S/C15H15F2N/c1-10-3-5-12(6-4-10)11(2)18-15-9-13(16)7-8-14(15)17/h3-9,11,18H,1-2H3. The Morgan fingerprint density at radius 2 is 1.67 bits per heavy atom. The Hall–Kier alpha value is -1.90. The lowest BCUT2D eigenvalue weighted by Crippen LogP contribution is -2.08. The van der Waals surface area contributed by atoms with Gasteiger partial charge in [0.15, 0.2) is 0 Å². The van der Waals surface area contributed by atoms with Crippen molar-refractivity contribution in [2.75, 3.05) is 5.32 Å². The third-order valence-electron chi connectivity index (χ3n) is 2.88. The summed E-state index contributed by atoms with van der Waals surface area (Å²) in [4.78, 5) is 0. The Morgan fingerprint density at radius 3 is 2.33 bits per heavy atom. The lowest BCUT2D eigenvalue weighted by Gasteiger charge is -2.16. The van der Waals surface area contributed by atoms with Crippen molar-refractivity contribution in [3.05, 3.63) is 65.2 Å². The van der Waals surface area contributed by atoms with E-state index in [9.17, 15) is 8.78 Å². The first-order chi connectivity index (χ1) is 8.56. The molecule has 0 aromatic heterocycles. The first-order valence-corrected chi connectivity index (χ1v) is 5.84. The molecule has 0 fully saturated rings. The summed E-state index contributed by atoms with van der Waals surface area (Å²) in [7, 11) is 0. The van der Waals surface area contributed by atoms with E-state index in [1.54, 1.807) is 0 Å². The van der Waals surface area contributed by atoms with E-state index in [0.29, 0.717) is 0 Å². The van der Waals surface area contributed by atoms with Crippen molar-refractivity contribution in [2.24, 2.45) is 0 Å². The predicted octanol–water partition coefficient (Wildman–Crippen LogP) is 4.45. The van der Waals surface area contributed by atoms with Gasteiger partial charge in [-0.05, 0) is 37.6 Å². The molecule has 1 nitrogen and oxygen atoms in total. The van der Waals surface area contributed by atoms with Gasteiger partial charge in [-0.3, -0.25) is 0 Å². The van der Waals surface area contributed by atoms with Crippen molar-refractivity contribution in [1.82, 2.24) is 0 Å². The molecule has 0 aliphatic heterocycles. The second-order valence-electron chi connectivity index (χ2n) is 4.40. The van der Waals surface area contributed by atoms with Crippen molar-refractivity contribution in [3.8, 4) is 0 Å². The zero-order chi connectivity index (χ0) is 13.1. The highest BCUT2D eigenvalue weighted by Gasteiger charge is 2.09. The molecule has 1 atom stereocenters. The van der Waals surface area contributed by atoms with Gasteiger partial charge in [0.1, 0.15) is 11.6 Å². The van der Waals surface area contributed by atoms with Crippen LogP contribution in [0.5, 0.6) is 0 Å². The number of anilines is 1. The zero-order valence-corrected chi connectivity index (χ0v) is 10.4. The van der Waals surface area contributed by atoms with E-state index in [0.717, 1.165) is 17.7 Å². The SMILES string of the molecule is Cc1ccc(C(C)Nc2cc(F)ccc2F)cc1. The van der Waals surface area contributed by atoms with Gasteiger partial charge in [0, 0.05) is 6.04 Å². The van der Waals surface area contributed by atoms with Crippen molar-refractivity contribution < 1.29 is 8.78 Å². The molecule has 1 unspecified atom stereocenters. The normalized spacial score (nSPS) is 12.2. The molecule has 18 heavy (non-hydrogen) atoms. The highest BCUT2D eigenvalue weighted by Crippen LogP contribution is 2.22. The number of hydrogen-bond acceptors (Lipinski definition) is 1. The third-order valence-corrected chi connectivity index (χ3v) is 2.88. The fraction of sp³-hybridized carbons (Fsp3) is 0.200. The smallest absolute Gasteiger partial charge is 0.146 e. The van der Waals surface area contributed by atoms with Gasteiger partial charge >= 0.3 is 0 Å². The summed E-state index contributed by atoms with van der Waals surface area (Å²) in [6.07, 6.45) is 0. The molecule has 0 saturated carbocycles. The van der Waals surface area contributed by atoms with Gasteiger partial charge in [-0.1, -0.05) is 29.8 Å². The van der Waals surface area contributed by atoms with Gasteiger partial charge in [-0.15, -0.1) is 0 Å². The van der Waals surface area contributed by atoms with Crippen molar-refractivity contribution in [1.29, 1.82) is 0 Å². The zero-order valence-electron chi connectivity index (χ0n) is 10.4. The van der Waals surface area contributed by atoms with E-state index in [2.05, 4.69) is 5.32 Å². The molecule has 0 aliphatic rings. The summed E-state index contributed by atoms with van der Waals surface area (Å²) in [5.74, 6) is -0.898. The lowest BCUT2D eigenvalue weighted by molar-refractivity contribution is 0.600. The first-order valence-electron chi connectivity index (χ1n) is 5.84. The predicted molar refractivity (Wildman–Crippen MR) is 69.6 cm³/mol. The van der Waals surface area contributed by atoms with Crippen LogP contribution in [0.3, 0.4) is 0 Å². The summed E-state index contributed by atoms with van der Waals surface area (Å²) < 4.78 is 26.5. The number of hydrogen-bond donors (Lipinski definition) is 1. The number of aryl methyl sites for hydroxylation is 1. The number of benzene rings is 2. The molecule has 1 N–H and O–H groups in total. The van der Waals surface area contributed by atoms with Gasteiger partial charge < -0.3 is 5.32 Å². The van der Waals surface area contributed by atoms with Crippen molar-refractivity contribution >= 4 is 5.69 Å². The van der Waals surface area contributed by atoms with Crippen LogP contribution in [-0.4, -0.2) is 0 Å². The first kappa shape index (κ1) is 12.6. The van der Waals surface area contributed by atoms with Crippen LogP contribution < -0.4 is 5.32 Å². The molecule has 0 radical (unpaired) electrons. The maximum Gasteiger partial charge on any atom is 0.146 e. The van der Waals surface area contributed by atoms with E-state index in [1.807, 2.05) is 38.1 Å². The Kier molecular flexibility index (Phi) is 3.60. The van der Waals surface area contributed by atoms with E-state index in [-0.39, 0.29) is 11.7 Å². The van der Waals surface area contributed by atoms with Gasteiger partial charge in [-0.25, -0.2) is 8.78 Å². The molecule has 0 aliphatic carbocycles. The Balaban J connectivity index is 2.18. The number of rotatable bonds is 3. The summed E-state index contributed by atoms with van der Waals surface area (Å²) in [5, 5.41) is 2.97. The average Bonchev–Trinajstić information content (AvgIpc) is 2.34. The van der Waals surface area contributed by atoms with E-state index >= 15 is 0 Å². The van der Waals surface area contributed by atoms with Crippen LogP contribution in [0.1, 0.15) is 24.1 Å². The molecule has 2 aromatic carbocycles. The molecule has 0 bridgehead atoms. The summed E-state index contributed by atoms with van der Waals surface area (Å²) >= 11 is 0. The highest BCUT2D eigenvalue weighted by molar-refractivity contribution is 5.47. The molecule has 0 saturated heterocycles. The fourth-order valence-corrected chi connectivity index (χ4v) is 1.78. The van der Waals surface area contributed by atoms with Crippen LogP contribution in [0, 0.1) is 18.6 Å². The van der Waals surface area contributed by atoms with Crippen molar-refractivity contribution in [2.45, 2.75) is 19.9 Å². The summed E-state index contributed by atoms with van der Waals surface area (Å²) in [5.41, 5.74) is 2.38. The minimum absolute atomic E-state index is 0.0816. The minimum Gasteiger partial charge on any atom is -0.376 e. The molecule has 3 heteroatoms. The van der Waals surface area contributed by atoms with Gasteiger partial charge in [0.25, 0.3) is 0 Å². The van der Waals surface area contributed by atoms with Crippen LogP contribution in [0.2, 0.25) is 0 Å². The molecule has 94 valence electrons. The quantitative estimate of drug-likeness (QED) is 0.845. The highest BCUT2D eigenvalue weighted by atomic mass is 19.1. The molecule has 0 amide bonds. The van der Waals surface area contributed by atoms with Crippen LogP contribution in [0.25, 0.3) is 0 Å². The topological polar surface area (TPSA) is 12.0 Å². The van der Waals surface area contributed by atoms with Crippen LogP contribution >= 0.6 is 0 Å². The Bertz CT molecular complexity index is 535. The number of halogens is 2. The van der Waals surface area contributed by atoms with Gasteiger partial charge in [-0.2, -0.15) is 0 Å². The third kappa shape index (κ3) is 2.86. The monoisotopic (exact) mass is 247 g/mol. The summed E-state index contributed by atoms with van der Waals surface area (Å²) in [6, 6.07) is 11.3. The van der Waals surface area contributed by atoms with Crippen LogP contribution in [0.4, 0.5) is 14.5 Å². The van der Waals surface area contributed by atoms with Crippen LogP contribution in [-0.2, 0) is 0 Å². The van der Waals surface area contributed by atoms with E-state index in [1.165, 1.54) is 11.6 Å². The molecule has 0 spiro atoms. The molecule has 2 rings (SSSR count). The maximum absolute atomic E-state index is 13.5. The molecular formula is C15H15F2N. The molecular weight excluding hydrogens is 232 g/mol. The molecule has 0 heterocycles. The van der Waals surface area contributed by atoms with Crippen LogP contribution in [0.15, 0.2) is 42.5 Å².